The number of carbonyl (C=O) groups is 1. The summed E-state index contributed by atoms with van der Waals surface area (Å²) >= 11 is 2.31. The molecule has 0 aliphatic rings. The molecule has 0 saturated carbocycles. The summed E-state index contributed by atoms with van der Waals surface area (Å²) in [4.78, 5) is 13.0. The first-order valence-corrected chi connectivity index (χ1v) is 2.95. The molecule has 0 bridgehead atoms. The van der Waals surface area contributed by atoms with Crippen LogP contribution in [0.2, 0.25) is 0 Å². The van der Waals surface area contributed by atoms with Crippen molar-refractivity contribution in [2.45, 2.75) is 0 Å². The van der Waals surface area contributed by atoms with Gasteiger partial charge in [0.25, 0.3) is 0 Å². The standard InChI is InChI=1S/C5H4NO2.Al/c7-5(8)4-1-2-6-3-4;/h1-2,6H,(H,7,8);. The fraction of sp³-hybridized carbons (Fsp3) is 0. The first-order valence-electron chi connectivity index (χ1n) is 2.38. The van der Waals surface area contributed by atoms with Gasteiger partial charge in [0.1, 0.15) is 0 Å². The molecule has 0 aromatic carbocycles. The maximum atomic E-state index is 10.2. The van der Waals surface area contributed by atoms with Gasteiger partial charge in [-0.15, -0.1) is 0 Å². The van der Waals surface area contributed by atoms with E-state index in [1.54, 1.807) is 6.20 Å². The average molecular weight is 137 g/mol. The largest absolute Gasteiger partial charge is 0.478 e. The van der Waals surface area contributed by atoms with Crippen LogP contribution in [0, 0.1) is 0 Å². The Morgan fingerprint density at radius 2 is 2.44 bits per heavy atom. The summed E-state index contributed by atoms with van der Waals surface area (Å²) in [6, 6.07) is 1.52. The van der Waals surface area contributed by atoms with Crippen LogP contribution < -0.4 is 4.56 Å². The van der Waals surface area contributed by atoms with Gasteiger partial charge in [-0.05, 0) is 6.07 Å². The van der Waals surface area contributed by atoms with Gasteiger partial charge in [-0.1, -0.05) is 4.56 Å². The molecule has 44 valence electrons. The van der Waals surface area contributed by atoms with E-state index in [1.165, 1.54) is 6.07 Å². The molecule has 1 aromatic rings. The molecular formula is C5H4AlNO2. The molecule has 0 aliphatic carbocycles. The van der Waals surface area contributed by atoms with Crippen molar-refractivity contribution in [1.29, 1.82) is 0 Å². The van der Waals surface area contributed by atoms with Crippen molar-refractivity contribution in [2.75, 3.05) is 0 Å². The first-order chi connectivity index (χ1) is 4.22. The first kappa shape index (κ1) is 6.40. The number of nitrogens with one attached hydrogen (secondary N) is 1. The van der Waals surface area contributed by atoms with E-state index in [-0.39, 0.29) is 0 Å². The number of aromatic nitrogens is 1. The Labute approximate surface area is 60.1 Å². The Kier molecular flexibility index (Phi) is 1.61. The number of aromatic carboxylic acids is 1. The molecule has 4 heteroatoms. The summed E-state index contributed by atoms with van der Waals surface area (Å²) < 4.78 is 0.613. The SMILES string of the molecule is O=C(O)c1cc[nH][c]1[Al]. The fourth-order valence-electron chi connectivity index (χ4n) is 0.569. The Balaban J connectivity index is 3.08. The van der Waals surface area contributed by atoms with E-state index in [4.69, 9.17) is 5.11 Å². The summed E-state index contributed by atoms with van der Waals surface area (Å²) in [5, 5.41) is 8.42. The van der Waals surface area contributed by atoms with Crippen LogP contribution in [0.25, 0.3) is 0 Å². The third-order valence-corrected chi connectivity index (χ3v) is 1.49. The number of hydrogen-bond donors (Lipinski definition) is 2. The highest BCUT2D eigenvalue weighted by molar-refractivity contribution is 6.34. The minimum atomic E-state index is -0.902. The second-order valence-corrected chi connectivity index (χ2v) is 2.19. The second kappa shape index (κ2) is 2.26. The van der Waals surface area contributed by atoms with Crippen molar-refractivity contribution >= 4 is 26.8 Å². The molecule has 2 radical (unpaired) electrons. The number of carboxylic acids is 1. The molecule has 0 spiro atoms. The van der Waals surface area contributed by atoms with E-state index >= 15 is 0 Å². The molecule has 0 saturated heterocycles. The number of carboxylic acid groups (broad SMARTS) is 1. The number of aromatic amines is 1. The van der Waals surface area contributed by atoms with Crippen LogP contribution in [-0.4, -0.2) is 32.4 Å². The minimum absolute atomic E-state index is 0.306. The van der Waals surface area contributed by atoms with E-state index in [0.29, 0.717) is 10.1 Å². The maximum absolute atomic E-state index is 10.2. The number of hydrogen-bond acceptors (Lipinski definition) is 1. The lowest BCUT2D eigenvalue weighted by atomic mass is 10.3. The van der Waals surface area contributed by atoms with Crippen molar-refractivity contribution in [1.82, 2.24) is 4.98 Å². The third kappa shape index (κ3) is 1.15. The zero-order chi connectivity index (χ0) is 6.85. The van der Waals surface area contributed by atoms with E-state index in [1.807, 2.05) is 0 Å². The second-order valence-electron chi connectivity index (χ2n) is 1.61. The van der Waals surface area contributed by atoms with Crippen LogP contribution in [0.5, 0.6) is 0 Å². The van der Waals surface area contributed by atoms with Crippen molar-refractivity contribution in [3.63, 3.8) is 0 Å². The molecule has 0 atom stereocenters. The summed E-state index contributed by atoms with van der Waals surface area (Å²) in [7, 11) is 0. The van der Waals surface area contributed by atoms with Gasteiger partial charge < -0.3 is 10.1 Å². The van der Waals surface area contributed by atoms with Crippen LogP contribution in [0.4, 0.5) is 0 Å². The number of H-pyrrole nitrogens is 1. The lowest BCUT2D eigenvalue weighted by molar-refractivity contribution is 0.0698. The third-order valence-electron chi connectivity index (χ3n) is 1.01. The average Bonchev–Trinajstić information content (AvgIpc) is 2.13. The van der Waals surface area contributed by atoms with E-state index in [2.05, 4.69) is 21.3 Å². The molecule has 2 N–H and O–H groups in total. The normalized spacial score (nSPS) is 9.33. The Morgan fingerprint density at radius 3 is 2.67 bits per heavy atom. The monoisotopic (exact) mass is 137 g/mol. The molecule has 1 aromatic heterocycles. The summed E-state index contributed by atoms with van der Waals surface area (Å²) in [5.74, 6) is -0.902. The quantitative estimate of drug-likeness (QED) is 0.513. The highest BCUT2D eigenvalue weighted by Crippen LogP contribution is 1.90. The van der Waals surface area contributed by atoms with Gasteiger partial charge in [0.05, 0.1) is 5.56 Å². The zero-order valence-corrected chi connectivity index (χ0v) is 5.74. The molecule has 0 fully saturated rings. The topological polar surface area (TPSA) is 53.1 Å². The van der Waals surface area contributed by atoms with Gasteiger partial charge in [-0.2, -0.15) is 0 Å². The Hall–Kier alpha value is -0.718. The van der Waals surface area contributed by atoms with Crippen LogP contribution >= 0.6 is 0 Å². The molecule has 0 unspecified atom stereocenters. The summed E-state index contributed by atoms with van der Waals surface area (Å²) in [6.07, 6.45) is 1.59. The molecule has 9 heavy (non-hydrogen) atoms. The maximum Gasteiger partial charge on any atom is 0.335 e. The van der Waals surface area contributed by atoms with Crippen molar-refractivity contribution in [3.05, 3.63) is 17.8 Å². The van der Waals surface area contributed by atoms with Gasteiger partial charge >= 0.3 is 5.97 Å². The van der Waals surface area contributed by atoms with Crippen LogP contribution in [0.1, 0.15) is 10.4 Å². The van der Waals surface area contributed by atoms with Crippen molar-refractivity contribution in [2.24, 2.45) is 0 Å². The summed E-state index contributed by atoms with van der Waals surface area (Å²) in [6.45, 7) is 0. The lowest BCUT2D eigenvalue weighted by Crippen LogP contribution is -2.13. The summed E-state index contributed by atoms with van der Waals surface area (Å²) in [5.41, 5.74) is 0.306. The predicted molar refractivity (Wildman–Crippen MR) is 33.1 cm³/mol. The van der Waals surface area contributed by atoms with Gasteiger partial charge in [-0.25, -0.2) is 4.79 Å². The molecule has 0 aliphatic heterocycles. The molecule has 1 heterocycles. The van der Waals surface area contributed by atoms with Gasteiger partial charge in [-0.3, -0.25) is 0 Å². The minimum Gasteiger partial charge on any atom is -0.478 e. The van der Waals surface area contributed by atoms with Crippen molar-refractivity contribution in [3.8, 4) is 0 Å². The Morgan fingerprint density at radius 1 is 1.78 bits per heavy atom. The molecule has 0 amide bonds. The van der Waals surface area contributed by atoms with Crippen LogP contribution in [0.15, 0.2) is 12.3 Å². The van der Waals surface area contributed by atoms with E-state index < -0.39 is 5.97 Å². The molecule has 1 rings (SSSR count). The molecule has 3 nitrogen and oxygen atoms in total. The lowest BCUT2D eigenvalue weighted by Gasteiger charge is -1.88. The van der Waals surface area contributed by atoms with E-state index in [9.17, 15) is 4.79 Å². The van der Waals surface area contributed by atoms with E-state index in [0.717, 1.165) is 0 Å². The van der Waals surface area contributed by atoms with Gasteiger partial charge in [0.2, 0.25) is 16.3 Å². The zero-order valence-electron chi connectivity index (χ0n) is 4.59. The Bertz CT molecular complexity index is 231. The van der Waals surface area contributed by atoms with Crippen molar-refractivity contribution < 1.29 is 9.90 Å². The van der Waals surface area contributed by atoms with Crippen LogP contribution in [-0.2, 0) is 0 Å². The van der Waals surface area contributed by atoms with Gasteiger partial charge in [0, 0.05) is 6.20 Å². The smallest absolute Gasteiger partial charge is 0.335 e. The number of rotatable bonds is 1. The predicted octanol–water partition coefficient (Wildman–Crippen LogP) is -0.493. The highest BCUT2D eigenvalue weighted by Gasteiger charge is 2.03. The van der Waals surface area contributed by atoms with Crippen LogP contribution in [0.3, 0.4) is 0 Å². The fourth-order valence-corrected chi connectivity index (χ4v) is 0.885. The highest BCUT2D eigenvalue weighted by atomic mass is 27.0. The molecular weight excluding hydrogens is 133 g/mol. The van der Waals surface area contributed by atoms with Gasteiger partial charge in [0.15, 0.2) is 0 Å².